The first-order chi connectivity index (χ1) is 9.62. The van der Waals surface area contributed by atoms with E-state index in [-0.39, 0.29) is 11.4 Å². The molecule has 0 heterocycles. The van der Waals surface area contributed by atoms with Crippen LogP contribution in [-0.4, -0.2) is 17.7 Å². The van der Waals surface area contributed by atoms with Gasteiger partial charge in [0.25, 0.3) is 5.69 Å². The number of nitro groups is 1. The Labute approximate surface area is 118 Å². The lowest BCUT2D eigenvalue weighted by molar-refractivity contribution is -0.384. The summed E-state index contributed by atoms with van der Waals surface area (Å²) in [6.07, 6.45) is 1.60. The number of nitro benzene ring substituents is 1. The maximum absolute atomic E-state index is 10.5. The van der Waals surface area contributed by atoms with Gasteiger partial charge in [0.2, 0.25) is 0 Å². The van der Waals surface area contributed by atoms with Crippen LogP contribution < -0.4 is 4.74 Å². The zero-order chi connectivity index (χ0) is 15.5. The molecule has 0 bridgehead atoms. The van der Waals surface area contributed by atoms with Crippen molar-refractivity contribution >= 4 is 11.4 Å². The summed E-state index contributed by atoms with van der Waals surface area (Å²) in [6.45, 7) is 5.71. The SMILES string of the molecule is C/C=C(/Oc1ccc([N+](=O)[O-])cc1)C(C#N)=NC.CC. The van der Waals surface area contributed by atoms with E-state index in [9.17, 15) is 10.1 Å². The second-order valence-corrected chi connectivity index (χ2v) is 3.19. The summed E-state index contributed by atoms with van der Waals surface area (Å²) in [5, 5.41) is 19.3. The first kappa shape index (κ1) is 17.3. The van der Waals surface area contributed by atoms with Crippen LogP contribution in [0.5, 0.6) is 5.75 Å². The minimum absolute atomic E-state index is 0.0194. The molecule has 0 aliphatic heterocycles. The molecule has 0 spiro atoms. The summed E-state index contributed by atoms with van der Waals surface area (Å²) in [5.74, 6) is 0.721. The van der Waals surface area contributed by atoms with Crippen LogP contribution in [0.3, 0.4) is 0 Å². The maximum Gasteiger partial charge on any atom is 0.269 e. The minimum atomic E-state index is -0.492. The predicted octanol–water partition coefficient (Wildman–Crippen LogP) is 3.50. The van der Waals surface area contributed by atoms with Gasteiger partial charge in [-0.05, 0) is 25.1 Å². The molecule has 0 atom stereocenters. The third-order valence-corrected chi connectivity index (χ3v) is 2.10. The molecule has 20 heavy (non-hydrogen) atoms. The fourth-order valence-electron chi connectivity index (χ4n) is 1.22. The Morgan fingerprint density at radius 1 is 1.40 bits per heavy atom. The lowest BCUT2D eigenvalue weighted by Gasteiger charge is -2.07. The summed E-state index contributed by atoms with van der Waals surface area (Å²) in [6, 6.07) is 7.49. The third-order valence-electron chi connectivity index (χ3n) is 2.10. The minimum Gasteiger partial charge on any atom is -0.455 e. The molecule has 1 rings (SSSR count). The van der Waals surface area contributed by atoms with Gasteiger partial charge in [0.15, 0.2) is 11.5 Å². The number of ether oxygens (including phenoxy) is 1. The van der Waals surface area contributed by atoms with E-state index < -0.39 is 4.92 Å². The van der Waals surface area contributed by atoms with E-state index in [0.29, 0.717) is 11.5 Å². The van der Waals surface area contributed by atoms with Gasteiger partial charge < -0.3 is 4.74 Å². The molecule has 0 saturated carbocycles. The zero-order valence-corrected chi connectivity index (χ0v) is 12.0. The van der Waals surface area contributed by atoms with E-state index in [2.05, 4.69) is 4.99 Å². The molecule has 0 aliphatic rings. The molecule has 1 aromatic carbocycles. The number of nitriles is 1. The molecule has 6 nitrogen and oxygen atoms in total. The van der Waals surface area contributed by atoms with E-state index in [1.807, 2.05) is 19.9 Å². The van der Waals surface area contributed by atoms with E-state index in [0.717, 1.165) is 0 Å². The number of nitrogens with zero attached hydrogens (tertiary/aromatic N) is 3. The molecule has 6 heteroatoms. The second-order valence-electron chi connectivity index (χ2n) is 3.19. The van der Waals surface area contributed by atoms with Gasteiger partial charge in [0.05, 0.1) is 4.92 Å². The highest BCUT2D eigenvalue weighted by Gasteiger charge is 2.09. The molecule has 1 aromatic rings. The number of rotatable bonds is 4. The number of aliphatic imine (C=N–C) groups is 1. The predicted molar refractivity (Wildman–Crippen MR) is 77.8 cm³/mol. The highest BCUT2D eigenvalue weighted by atomic mass is 16.6. The summed E-state index contributed by atoms with van der Waals surface area (Å²) in [5.41, 5.74) is 0.143. The summed E-state index contributed by atoms with van der Waals surface area (Å²) in [4.78, 5) is 13.8. The van der Waals surface area contributed by atoms with Gasteiger partial charge in [-0.25, -0.2) is 0 Å². The largest absolute Gasteiger partial charge is 0.455 e. The van der Waals surface area contributed by atoms with Gasteiger partial charge in [-0.15, -0.1) is 0 Å². The lowest BCUT2D eigenvalue weighted by atomic mass is 10.3. The number of hydrogen-bond donors (Lipinski definition) is 0. The molecule has 0 radical (unpaired) electrons. The smallest absolute Gasteiger partial charge is 0.269 e. The monoisotopic (exact) mass is 275 g/mol. The molecular formula is C14H17N3O3. The topological polar surface area (TPSA) is 88.5 Å². The van der Waals surface area contributed by atoms with Crippen LogP contribution in [0.4, 0.5) is 5.69 Å². The normalized spacial score (nSPS) is 10.9. The van der Waals surface area contributed by atoms with E-state index in [1.54, 1.807) is 13.0 Å². The van der Waals surface area contributed by atoms with Gasteiger partial charge >= 0.3 is 0 Å². The quantitative estimate of drug-likeness (QED) is 0.364. The van der Waals surface area contributed by atoms with Crippen LogP contribution in [0, 0.1) is 21.4 Å². The van der Waals surface area contributed by atoms with Crippen LogP contribution in [0.2, 0.25) is 0 Å². The third kappa shape index (κ3) is 4.90. The van der Waals surface area contributed by atoms with Gasteiger partial charge in [-0.2, -0.15) is 5.26 Å². The molecule has 0 amide bonds. The molecule has 106 valence electrons. The van der Waals surface area contributed by atoms with Crippen LogP contribution in [-0.2, 0) is 0 Å². The van der Waals surface area contributed by atoms with Crippen molar-refractivity contribution in [3.63, 3.8) is 0 Å². The van der Waals surface area contributed by atoms with E-state index in [1.165, 1.54) is 31.3 Å². The second kappa shape index (κ2) is 9.28. The number of benzene rings is 1. The summed E-state index contributed by atoms with van der Waals surface area (Å²) >= 11 is 0. The maximum atomic E-state index is 10.5. The van der Waals surface area contributed by atoms with Crippen molar-refractivity contribution in [1.29, 1.82) is 5.26 Å². The van der Waals surface area contributed by atoms with Crippen molar-refractivity contribution in [1.82, 2.24) is 0 Å². The van der Waals surface area contributed by atoms with Crippen molar-refractivity contribution in [2.45, 2.75) is 20.8 Å². The molecule has 0 aromatic heterocycles. The average Bonchev–Trinajstić information content (AvgIpc) is 2.49. The molecule has 0 N–H and O–H groups in total. The summed E-state index contributed by atoms with van der Waals surface area (Å²) in [7, 11) is 1.49. The lowest BCUT2D eigenvalue weighted by Crippen LogP contribution is -2.06. The van der Waals surface area contributed by atoms with Crippen LogP contribution in [0.1, 0.15) is 20.8 Å². The van der Waals surface area contributed by atoms with Gasteiger partial charge in [0, 0.05) is 19.2 Å². The highest BCUT2D eigenvalue weighted by molar-refractivity contribution is 6.10. The first-order valence-electron chi connectivity index (χ1n) is 6.08. The zero-order valence-electron chi connectivity index (χ0n) is 12.0. The van der Waals surface area contributed by atoms with E-state index in [4.69, 9.17) is 10.00 Å². The van der Waals surface area contributed by atoms with Crippen molar-refractivity contribution in [2.24, 2.45) is 4.99 Å². The number of allylic oxidation sites excluding steroid dienone is 2. The van der Waals surface area contributed by atoms with Gasteiger partial charge in [-0.3, -0.25) is 15.1 Å². The Balaban J connectivity index is 0.00000172. The van der Waals surface area contributed by atoms with Gasteiger partial charge in [0.1, 0.15) is 11.8 Å². The Morgan fingerprint density at radius 2 is 1.95 bits per heavy atom. The average molecular weight is 275 g/mol. The Bertz CT molecular complexity index is 540. The van der Waals surface area contributed by atoms with Crippen molar-refractivity contribution in [2.75, 3.05) is 7.05 Å². The Hall–Kier alpha value is -2.68. The Morgan fingerprint density at radius 3 is 2.30 bits per heavy atom. The fraction of sp³-hybridized carbons (Fsp3) is 0.286. The molecule has 0 unspecified atom stereocenters. The molecule has 0 fully saturated rings. The fourth-order valence-corrected chi connectivity index (χ4v) is 1.22. The summed E-state index contributed by atoms with van der Waals surface area (Å²) < 4.78 is 5.43. The molecule has 0 saturated heterocycles. The van der Waals surface area contributed by atoms with Crippen molar-refractivity contribution in [3.05, 3.63) is 46.2 Å². The standard InChI is InChI=1S/C12H11N3O3.C2H6/c1-3-12(11(8-13)14-2)18-10-6-4-9(5-7-10)15(16)17;1-2/h3-7H,1-2H3;1-2H3/b12-3+,14-11?;. The number of hydrogen-bond acceptors (Lipinski definition) is 5. The Kier molecular flexibility index (Phi) is 8.03. The van der Waals surface area contributed by atoms with Crippen molar-refractivity contribution < 1.29 is 9.66 Å². The number of non-ortho nitro benzene ring substituents is 1. The van der Waals surface area contributed by atoms with Crippen LogP contribution in [0.25, 0.3) is 0 Å². The van der Waals surface area contributed by atoms with Crippen LogP contribution >= 0.6 is 0 Å². The van der Waals surface area contributed by atoms with E-state index >= 15 is 0 Å². The van der Waals surface area contributed by atoms with Crippen molar-refractivity contribution in [3.8, 4) is 11.8 Å². The first-order valence-corrected chi connectivity index (χ1v) is 6.08. The van der Waals surface area contributed by atoms with Gasteiger partial charge in [-0.1, -0.05) is 13.8 Å². The molecule has 0 aliphatic carbocycles. The highest BCUT2D eigenvalue weighted by Crippen LogP contribution is 2.19. The molecular weight excluding hydrogens is 258 g/mol. The van der Waals surface area contributed by atoms with Crippen LogP contribution in [0.15, 0.2) is 41.1 Å².